The van der Waals surface area contributed by atoms with E-state index in [9.17, 15) is 17.6 Å². The van der Waals surface area contributed by atoms with E-state index < -0.39 is 34.1 Å². The topological polar surface area (TPSA) is 38.0 Å². The van der Waals surface area contributed by atoms with Crippen LogP contribution in [0.1, 0.15) is 0 Å². The number of halogens is 4. The molecule has 0 spiro atoms. The summed E-state index contributed by atoms with van der Waals surface area (Å²) in [5.41, 5.74) is 4.02. The van der Waals surface area contributed by atoms with E-state index in [0.29, 0.717) is 0 Å². The van der Waals surface area contributed by atoms with Gasteiger partial charge in [0.25, 0.3) is 0 Å². The number of nitrogens with one attached hydrogen (secondary N) is 1. The summed E-state index contributed by atoms with van der Waals surface area (Å²) in [7, 11) is 0. The molecule has 0 atom stereocenters. The van der Waals surface area contributed by atoms with Crippen LogP contribution >= 0.6 is 12.2 Å². The molecule has 3 N–H and O–H groups in total. The van der Waals surface area contributed by atoms with Gasteiger partial charge in [-0.2, -0.15) is 0 Å². The summed E-state index contributed by atoms with van der Waals surface area (Å²) in [6.07, 6.45) is 0. The maximum absolute atomic E-state index is 12.9. The average molecular weight is 224 g/mol. The lowest BCUT2D eigenvalue weighted by molar-refractivity contribution is 0.438. The summed E-state index contributed by atoms with van der Waals surface area (Å²) < 4.78 is 50.7. The smallest absolute Gasteiger partial charge is 0.196 e. The molecule has 1 aromatic carbocycles. The van der Waals surface area contributed by atoms with E-state index >= 15 is 0 Å². The first kappa shape index (κ1) is 10.7. The fourth-order valence-corrected chi connectivity index (χ4v) is 0.906. The number of hydrogen-bond acceptors (Lipinski definition) is 1. The van der Waals surface area contributed by atoms with Gasteiger partial charge in [0.1, 0.15) is 5.69 Å². The summed E-state index contributed by atoms with van der Waals surface area (Å²) in [6.45, 7) is 0. The summed E-state index contributed by atoms with van der Waals surface area (Å²) in [4.78, 5) is 0. The first-order chi connectivity index (χ1) is 6.43. The van der Waals surface area contributed by atoms with Crippen molar-refractivity contribution < 1.29 is 17.6 Å². The van der Waals surface area contributed by atoms with E-state index in [0.717, 1.165) is 0 Å². The molecule has 1 rings (SSSR count). The van der Waals surface area contributed by atoms with Gasteiger partial charge in [-0.3, -0.25) is 0 Å². The molecule has 14 heavy (non-hydrogen) atoms. The van der Waals surface area contributed by atoms with Crippen LogP contribution in [0.5, 0.6) is 0 Å². The van der Waals surface area contributed by atoms with Crippen molar-refractivity contribution in [3.63, 3.8) is 0 Å². The van der Waals surface area contributed by atoms with Gasteiger partial charge in [-0.15, -0.1) is 0 Å². The van der Waals surface area contributed by atoms with E-state index in [2.05, 4.69) is 12.2 Å². The minimum Gasteiger partial charge on any atom is -0.376 e. The van der Waals surface area contributed by atoms with Gasteiger partial charge in [0, 0.05) is 6.07 Å². The Labute approximate surface area is 81.7 Å². The molecule has 76 valence electrons. The summed E-state index contributed by atoms with van der Waals surface area (Å²) >= 11 is 4.29. The summed E-state index contributed by atoms with van der Waals surface area (Å²) in [6, 6.07) is 0.193. The van der Waals surface area contributed by atoms with Crippen molar-refractivity contribution in [2.24, 2.45) is 5.73 Å². The Morgan fingerprint density at radius 1 is 1.14 bits per heavy atom. The minimum absolute atomic E-state index is 0.193. The highest BCUT2D eigenvalue weighted by atomic mass is 32.1. The monoisotopic (exact) mass is 224 g/mol. The number of thiocarbonyl (C=S) groups is 1. The Bertz CT molecular complexity index is 394. The normalized spacial score (nSPS) is 10.0. The molecule has 0 aliphatic rings. The van der Waals surface area contributed by atoms with Crippen molar-refractivity contribution in [2.75, 3.05) is 5.32 Å². The second kappa shape index (κ2) is 3.79. The highest BCUT2D eigenvalue weighted by Gasteiger charge is 2.18. The van der Waals surface area contributed by atoms with Crippen molar-refractivity contribution in [1.82, 2.24) is 0 Å². The van der Waals surface area contributed by atoms with Gasteiger partial charge in [-0.1, -0.05) is 0 Å². The molecular formula is C7H4F4N2S. The van der Waals surface area contributed by atoms with Crippen molar-refractivity contribution >= 4 is 23.0 Å². The fourth-order valence-electron chi connectivity index (χ4n) is 0.804. The van der Waals surface area contributed by atoms with Crippen molar-refractivity contribution in [1.29, 1.82) is 0 Å². The first-order valence-electron chi connectivity index (χ1n) is 3.33. The predicted octanol–water partition coefficient (Wildman–Crippen LogP) is 1.90. The third kappa shape index (κ3) is 1.92. The van der Waals surface area contributed by atoms with Gasteiger partial charge < -0.3 is 11.1 Å². The third-order valence-corrected chi connectivity index (χ3v) is 1.46. The fraction of sp³-hybridized carbons (Fsp3) is 0. The SMILES string of the molecule is NC(=S)Nc1c(F)cc(F)c(F)c1F. The molecule has 0 heterocycles. The van der Waals surface area contributed by atoms with Crippen LogP contribution in [0.15, 0.2) is 6.07 Å². The lowest BCUT2D eigenvalue weighted by Crippen LogP contribution is -2.21. The molecule has 0 unspecified atom stereocenters. The van der Waals surface area contributed by atoms with E-state index in [1.54, 1.807) is 0 Å². The van der Waals surface area contributed by atoms with Crippen LogP contribution in [0.4, 0.5) is 23.2 Å². The Hall–Kier alpha value is -1.37. The van der Waals surface area contributed by atoms with E-state index in [1.165, 1.54) is 0 Å². The molecule has 0 aliphatic carbocycles. The Morgan fingerprint density at radius 2 is 1.71 bits per heavy atom. The second-order valence-corrected chi connectivity index (χ2v) is 2.77. The van der Waals surface area contributed by atoms with E-state index in [4.69, 9.17) is 5.73 Å². The van der Waals surface area contributed by atoms with Crippen LogP contribution in [0.3, 0.4) is 0 Å². The molecule has 0 bridgehead atoms. The molecule has 0 fully saturated rings. The van der Waals surface area contributed by atoms with Crippen LogP contribution in [0.25, 0.3) is 0 Å². The molecule has 1 aromatic rings. The van der Waals surface area contributed by atoms with Gasteiger partial charge in [-0.05, 0) is 12.2 Å². The largest absolute Gasteiger partial charge is 0.376 e. The number of benzene rings is 1. The van der Waals surface area contributed by atoms with Gasteiger partial charge in [0.05, 0.1) is 0 Å². The Kier molecular flexibility index (Phi) is 2.90. The molecule has 0 radical (unpaired) electrons. The molecule has 0 amide bonds. The van der Waals surface area contributed by atoms with Crippen LogP contribution in [-0.2, 0) is 0 Å². The maximum atomic E-state index is 12.9. The second-order valence-electron chi connectivity index (χ2n) is 2.33. The van der Waals surface area contributed by atoms with Crippen LogP contribution in [0.2, 0.25) is 0 Å². The van der Waals surface area contributed by atoms with Crippen LogP contribution in [0, 0.1) is 23.3 Å². The third-order valence-electron chi connectivity index (χ3n) is 1.36. The molecule has 0 aromatic heterocycles. The lowest BCUT2D eigenvalue weighted by atomic mass is 10.2. The Morgan fingerprint density at radius 3 is 2.21 bits per heavy atom. The molecule has 0 saturated heterocycles. The highest BCUT2D eigenvalue weighted by Crippen LogP contribution is 2.23. The number of anilines is 1. The predicted molar refractivity (Wildman–Crippen MR) is 46.7 cm³/mol. The standard InChI is InChI=1S/C7H4F4N2S/c8-2-1-3(9)6(13-7(12)14)5(11)4(2)10/h1H,(H3,12,13,14). The van der Waals surface area contributed by atoms with Gasteiger partial charge in [0.2, 0.25) is 0 Å². The number of rotatable bonds is 1. The van der Waals surface area contributed by atoms with Crippen LogP contribution in [-0.4, -0.2) is 5.11 Å². The van der Waals surface area contributed by atoms with E-state index in [1.807, 2.05) is 5.32 Å². The molecule has 0 saturated carbocycles. The maximum Gasteiger partial charge on any atom is 0.196 e. The van der Waals surface area contributed by atoms with Crippen molar-refractivity contribution in [2.45, 2.75) is 0 Å². The molecule has 2 nitrogen and oxygen atoms in total. The minimum atomic E-state index is -1.79. The molecule has 0 aliphatic heterocycles. The molecular weight excluding hydrogens is 220 g/mol. The quantitative estimate of drug-likeness (QED) is 0.331. The highest BCUT2D eigenvalue weighted by molar-refractivity contribution is 7.80. The van der Waals surface area contributed by atoms with Gasteiger partial charge in [0.15, 0.2) is 28.4 Å². The first-order valence-corrected chi connectivity index (χ1v) is 3.73. The zero-order chi connectivity index (χ0) is 10.9. The van der Waals surface area contributed by atoms with Crippen molar-refractivity contribution in [3.8, 4) is 0 Å². The number of hydrogen-bond donors (Lipinski definition) is 2. The van der Waals surface area contributed by atoms with Gasteiger partial charge >= 0.3 is 0 Å². The van der Waals surface area contributed by atoms with Gasteiger partial charge in [-0.25, -0.2) is 17.6 Å². The lowest BCUT2D eigenvalue weighted by Gasteiger charge is -2.07. The zero-order valence-corrected chi connectivity index (χ0v) is 7.39. The number of nitrogens with two attached hydrogens (primary N) is 1. The summed E-state index contributed by atoms with van der Waals surface area (Å²) in [5, 5.41) is 1.41. The van der Waals surface area contributed by atoms with E-state index in [-0.39, 0.29) is 6.07 Å². The molecule has 7 heteroatoms. The van der Waals surface area contributed by atoms with Crippen molar-refractivity contribution in [3.05, 3.63) is 29.3 Å². The summed E-state index contributed by atoms with van der Waals surface area (Å²) in [5.74, 6) is -6.41. The zero-order valence-electron chi connectivity index (χ0n) is 6.57. The van der Waals surface area contributed by atoms with Crippen LogP contribution < -0.4 is 11.1 Å². The average Bonchev–Trinajstić information content (AvgIpc) is 2.09. The Balaban J connectivity index is 3.29.